The summed E-state index contributed by atoms with van der Waals surface area (Å²) < 4.78 is 11.5. The first-order valence-electron chi connectivity index (χ1n) is 10.3. The van der Waals surface area contributed by atoms with Crippen LogP contribution in [-0.2, 0) is 20.7 Å². The molecule has 0 aromatic heterocycles. The van der Waals surface area contributed by atoms with Crippen molar-refractivity contribution in [1.82, 2.24) is 4.90 Å². The largest absolute Gasteiger partial charge is 0.465 e. The first-order chi connectivity index (χ1) is 14.1. The number of hydrogen-bond acceptors (Lipinski definition) is 5. The van der Waals surface area contributed by atoms with E-state index in [4.69, 9.17) is 9.47 Å². The summed E-state index contributed by atoms with van der Waals surface area (Å²) in [4.78, 5) is 27.9. The second-order valence-electron chi connectivity index (χ2n) is 7.94. The number of carbonyl (C=O) groups is 2. The highest BCUT2D eigenvalue weighted by Crippen LogP contribution is 2.40. The van der Waals surface area contributed by atoms with E-state index in [-0.39, 0.29) is 18.0 Å². The van der Waals surface area contributed by atoms with Crippen molar-refractivity contribution < 1.29 is 19.1 Å². The smallest absolute Gasteiger partial charge is 0.338 e. The predicted octanol–water partition coefficient (Wildman–Crippen LogP) is 3.48. The molecular formula is C24H27NO4. The summed E-state index contributed by atoms with van der Waals surface area (Å²) in [5, 5.41) is 0. The monoisotopic (exact) mass is 393 g/mol. The second kappa shape index (κ2) is 8.78. The summed E-state index contributed by atoms with van der Waals surface area (Å²) in [7, 11) is 2.06. The van der Waals surface area contributed by atoms with Crippen LogP contribution in [-0.4, -0.2) is 48.7 Å². The van der Waals surface area contributed by atoms with Crippen LogP contribution in [0, 0.1) is 5.92 Å². The molecule has 0 N–H and O–H groups in total. The van der Waals surface area contributed by atoms with Crippen LogP contribution in [0.2, 0.25) is 0 Å². The molecule has 29 heavy (non-hydrogen) atoms. The Morgan fingerprint density at radius 2 is 1.69 bits per heavy atom. The van der Waals surface area contributed by atoms with Gasteiger partial charge in [-0.3, -0.25) is 9.69 Å². The van der Waals surface area contributed by atoms with E-state index in [9.17, 15) is 9.59 Å². The van der Waals surface area contributed by atoms with Crippen molar-refractivity contribution in [2.75, 3.05) is 13.7 Å². The molecule has 2 fully saturated rings. The third-order valence-electron chi connectivity index (χ3n) is 6.23. The first-order valence-corrected chi connectivity index (χ1v) is 10.3. The van der Waals surface area contributed by atoms with Gasteiger partial charge in [0.2, 0.25) is 0 Å². The van der Waals surface area contributed by atoms with Crippen LogP contribution >= 0.6 is 0 Å². The van der Waals surface area contributed by atoms with Gasteiger partial charge in [0.25, 0.3) is 0 Å². The molecule has 5 heteroatoms. The Kier molecular flexibility index (Phi) is 5.95. The Morgan fingerprint density at radius 3 is 2.41 bits per heavy atom. The summed E-state index contributed by atoms with van der Waals surface area (Å²) in [6.07, 6.45) is 2.86. The van der Waals surface area contributed by atoms with E-state index in [1.807, 2.05) is 48.5 Å². The van der Waals surface area contributed by atoms with Crippen molar-refractivity contribution >= 4 is 11.9 Å². The third kappa shape index (κ3) is 4.35. The molecule has 2 aliphatic heterocycles. The Hall–Kier alpha value is -2.66. The Labute approximate surface area is 171 Å². The molecule has 0 spiro atoms. The zero-order valence-electron chi connectivity index (χ0n) is 16.7. The lowest BCUT2D eigenvalue weighted by Crippen LogP contribution is -2.53. The lowest BCUT2D eigenvalue weighted by Gasteiger charge is -2.40. The van der Waals surface area contributed by atoms with Crippen LogP contribution in [0.25, 0.3) is 0 Å². The average Bonchev–Trinajstić information content (AvgIpc) is 2.98. The van der Waals surface area contributed by atoms with Gasteiger partial charge in [0.1, 0.15) is 12.0 Å². The van der Waals surface area contributed by atoms with Gasteiger partial charge in [-0.15, -0.1) is 0 Å². The zero-order chi connectivity index (χ0) is 20.2. The summed E-state index contributed by atoms with van der Waals surface area (Å²) in [6, 6.07) is 19.3. The summed E-state index contributed by atoms with van der Waals surface area (Å²) in [5.74, 6) is -1.08. The van der Waals surface area contributed by atoms with Crippen molar-refractivity contribution in [2.45, 2.75) is 43.9 Å². The fourth-order valence-electron chi connectivity index (χ4n) is 4.64. The zero-order valence-corrected chi connectivity index (χ0v) is 16.7. The topological polar surface area (TPSA) is 55.8 Å². The molecule has 2 aromatic rings. The number of carbonyl (C=O) groups excluding carboxylic acids is 2. The van der Waals surface area contributed by atoms with E-state index < -0.39 is 12.0 Å². The lowest BCUT2D eigenvalue weighted by molar-refractivity contribution is -0.159. The van der Waals surface area contributed by atoms with Gasteiger partial charge in [-0.1, -0.05) is 48.5 Å². The lowest BCUT2D eigenvalue weighted by atomic mass is 9.87. The molecule has 2 aromatic carbocycles. The Morgan fingerprint density at radius 1 is 1.00 bits per heavy atom. The highest BCUT2D eigenvalue weighted by molar-refractivity contribution is 5.89. The van der Waals surface area contributed by atoms with Crippen LogP contribution in [0.5, 0.6) is 0 Å². The number of piperidine rings is 1. The van der Waals surface area contributed by atoms with Crippen molar-refractivity contribution in [3.05, 3.63) is 71.8 Å². The maximum Gasteiger partial charge on any atom is 0.338 e. The fourth-order valence-corrected chi connectivity index (χ4v) is 4.64. The molecular weight excluding hydrogens is 366 g/mol. The Balaban J connectivity index is 1.43. The van der Waals surface area contributed by atoms with E-state index in [0.717, 1.165) is 18.4 Å². The van der Waals surface area contributed by atoms with Gasteiger partial charge in [0.15, 0.2) is 0 Å². The van der Waals surface area contributed by atoms with Gasteiger partial charge >= 0.3 is 11.9 Å². The molecule has 2 heterocycles. The molecule has 4 rings (SSSR count). The van der Waals surface area contributed by atoms with Gasteiger partial charge in [-0.05, 0) is 37.6 Å². The van der Waals surface area contributed by atoms with Gasteiger partial charge < -0.3 is 9.47 Å². The minimum Gasteiger partial charge on any atom is -0.465 e. The summed E-state index contributed by atoms with van der Waals surface area (Å²) in [5.41, 5.74) is 1.64. The van der Waals surface area contributed by atoms with Crippen LogP contribution in [0.3, 0.4) is 0 Å². The fraction of sp³-hybridized carbons (Fsp3) is 0.417. The van der Waals surface area contributed by atoms with E-state index in [0.29, 0.717) is 31.1 Å². The third-order valence-corrected chi connectivity index (χ3v) is 6.23. The molecule has 4 atom stereocenters. The number of hydrogen-bond donors (Lipinski definition) is 0. The van der Waals surface area contributed by atoms with E-state index in [1.54, 1.807) is 12.1 Å². The van der Waals surface area contributed by atoms with Crippen molar-refractivity contribution in [3.8, 4) is 0 Å². The minimum atomic E-state index is -0.444. The highest BCUT2D eigenvalue weighted by atomic mass is 16.6. The van der Waals surface area contributed by atoms with E-state index in [1.165, 1.54) is 0 Å². The van der Waals surface area contributed by atoms with Crippen molar-refractivity contribution in [3.63, 3.8) is 0 Å². The molecule has 2 bridgehead atoms. The number of rotatable bonds is 6. The number of ether oxygens (including phenoxy) is 2. The normalized spacial score (nSPS) is 26.1. The first kappa shape index (κ1) is 19.6. The van der Waals surface area contributed by atoms with Gasteiger partial charge in [0.05, 0.1) is 12.2 Å². The van der Waals surface area contributed by atoms with E-state index in [2.05, 4.69) is 11.9 Å². The van der Waals surface area contributed by atoms with Crippen molar-refractivity contribution in [2.24, 2.45) is 5.92 Å². The number of esters is 2. The molecule has 0 saturated carbocycles. The molecule has 0 aliphatic carbocycles. The molecule has 0 unspecified atom stereocenters. The minimum absolute atomic E-state index is 0.0616. The second-order valence-corrected chi connectivity index (χ2v) is 7.94. The predicted molar refractivity (Wildman–Crippen MR) is 109 cm³/mol. The maximum atomic E-state index is 13.0. The van der Waals surface area contributed by atoms with Crippen LogP contribution in [0.15, 0.2) is 60.7 Å². The average molecular weight is 393 g/mol. The van der Waals surface area contributed by atoms with Crippen LogP contribution < -0.4 is 0 Å². The van der Waals surface area contributed by atoms with Gasteiger partial charge in [-0.2, -0.15) is 0 Å². The number of fused-ring (bicyclic) bond motifs is 2. The summed E-state index contributed by atoms with van der Waals surface area (Å²) >= 11 is 0. The van der Waals surface area contributed by atoms with Gasteiger partial charge in [0, 0.05) is 24.9 Å². The maximum absolute atomic E-state index is 13.0. The number of nitrogens with zero attached hydrogens (tertiary/aromatic N) is 1. The van der Waals surface area contributed by atoms with Crippen molar-refractivity contribution in [1.29, 1.82) is 0 Å². The van der Waals surface area contributed by atoms with Crippen LogP contribution in [0.1, 0.15) is 35.2 Å². The SMILES string of the molecule is CN1[C@H]2CC[C@@H]1[C@@H](C(=O)OCCc1ccccc1)[C@@H](OC(=O)c1ccccc1)C2. The molecule has 5 nitrogen and oxygen atoms in total. The highest BCUT2D eigenvalue weighted by Gasteiger charge is 2.51. The quantitative estimate of drug-likeness (QED) is 0.704. The molecule has 152 valence electrons. The molecule has 0 amide bonds. The van der Waals surface area contributed by atoms with Gasteiger partial charge in [-0.25, -0.2) is 4.79 Å². The Bertz CT molecular complexity index is 838. The standard InChI is InChI=1S/C24H27NO4/c1-25-19-12-13-20(25)22(24(27)28-15-14-17-8-4-2-5-9-17)21(16-19)29-23(26)18-10-6-3-7-11-18/h2-11,19-22H,12-16H2,1H3/t19-,20+,21-,22+/m0/s1. The molecule has 0 radical (unpaired) electrons. The summed E-state index contributed by atoms with van der Waals surface area (Å²) in [6.45, 7) is 0.332. The van der Waals surface area contributed by atoms with Crippen LogP contribution in [0.4, 0.5) is 0 Å². The number of benzene rings is 2. The van der Waals surface area contributed by atoms with E-state index >= 15 is 0 Å². The molecule has 2 saturated heterocycles. The molecule has 2 aliphatic rings.